The van der Waals surface area contributed by atoms with E-state index in [1.165, 1.54) is 0 Å². The zero-order valence-corrected chi connectivity index (χ0v) is 15.9. The Balaban J connectivity index is 1.37. The highest BCUT2D eigenvalue weighted by Gasteiger charge is 2.37. The third-order valence-electron chi connectivity index (χ3n) is 6.21. The van der Waals surface area contributed by atoms with Crippen molar-refractivity contribution in [2.45, 2.75) is 38.1 Å². The Morgan fingerprint density at radius 2 is 2.04 bits per heavy atom. The summed E-state index contributed by atoms with van der Waals surface area (Å²) in [5, 5.41) is 14.0. The van der Waals surface area contributed by atoms with Crippen molar-refractivity contribution >= 4 is 22.8 Å². The van der Waals surface area contributed by atoms with Crippen molar-refractivity contribution in [2.24, 2.45) is 17.6 Å². The molecule has 0 aliphatic carbocycles. The van der Waals surface area contributed by atoms with Gasteiger partial charge in [0, 0.05) is 6.54 Å². The van der Waals surface area contributed by atoms with Gasteiger partial charge in [-0.25, -0.2) is 0 Å². The molecule has 2 fully saturated rings. The molecule has 2 amide bonds. The molecule has 1 aromatic carbocycles. The maximum absolute atomic E-state index is 12.8. The van der Waals surface area contributed by atoms with Crippen LogP contribution in [-0.4, -0.2) is 57.8 Å². The fraction of sp³-hybridized carbons (Fsp3) is 0.550. The summed E-state index contributed by atoms with van der Waals surface area (Å²) in [5.41, 5.74) is 8.29. The summed E-state index contributed by atoms with van der Waals surface area (Å²) in [6, 6.07) is 5.26. The smallest absolute Gasteiger partial charge is 0.240 e. The number of carbonyl (C=O) groups is 2. The van der Waals surface area contributed by atoms with Gasteiger partial charge in [-0.05, 0) is 74.7 Å². The van der Waals surface area contributed by atoms with Crippen molar-refractivity contribution in [3.63, 3.8) is 0 Å². The number of amides is 2. The van der Waals surface area contributed by atoms with Gasteiger partial charge >= 0.3 is 0 Å². The predicted molar refractivity (Wildman–Crippen MR) is 105 cm³/mol. The average Bonchev–Trinajstić information content (AvgIpc) is 3.20. The summed E-state index contributed by atoms with van der Waals surface area (Å²) < 4.78 is 0. The van der Waals surface area contributed by atoms with E-state index >= 15 is 0 Å². The lowest BCUT2D eigenvalue weighted by Crippen LogP contribution is -2.53. The van der Waals surface area contributed by atoms with Gasteiger partial charge in [0.2, 0.25) is 11.8 Å². The Hall–Kier alpha value is -2.48. The van der Waals surface area contributed by atoms with E-state index in [0.29, 0.717) is 31.2 Å². The predicted octanol–water partition coefficient (Wildman–Crippen LogP) is 0.797. The number of piperidine rings is 2. The van der Waals surface area contributed by atoms with Crippen LogP contribution in [0.3, 0.4) is 0 Å². The minimum atomic E-state index is -0.504. The number of carbonyl (C=O) groups excluding carboxylic acids is 2. The fourth-order valence-electron chi connectivity index (χ4n) is 4.61. The van der Waals surface area contributed by atoms with Crippen LogP contribution in [0.15, 0.2) is 18.2 Å². The second kappa shape index (κ2) is 8.26. The Morgan fingerprint density at radius 1 is 1.21 bits per heavy atom. The molecule has 2 saturated heterocycles. The molecule has 4 rings (SSSR count). The van der Waals surface area contributed by atoms with Crippen LogP contribution in [0.25, 0.3) is 11.0 Å². The molecule has 149 valence electrons. The molecule has 0 saturated carbocycles. The van der Waals surface area contributed by atoms with E-state index < -0.39 is 11.9 Å². The molecule has 2 atom stereocenters. The lowest BCUT2D eigenvalue weighted by molar-refractivity contribution is -0.140. The first-order chi connectivity index (χ1) is 13.6. The number of hydrogen-bond donors (Lipinski definition) is 3. The van der Waals surface area contributed by atoms with E-state index in [1.807, 2.05) is 18.2 Å². The van der Waals surface area contributed by atoms with E-state index in [-0.39, 0.29) is 5.91 Å². The van der Waals surface area contributed by atoms with Crippen LogP contribution >= 0.6 is 0 Å². The molecule has 8 nitrogen and oxygen atoms in total. The second-order valence-corrected chi connectivity index (χ2v) is 7.89. The maximum atomic E-state index is 12.8. The number of fused-ring (bicyclic) bond motifs is 1. The molecule has 4 N–H and O–H groups in total. The van der Waals surface area contributed by atoms with Gasteiger partial charge < -0.3 is 16.0 Å². The van der Waals surface area contributed by atoms with Crippen molar-refractivity contribution in [1.82, 2.24) is 25.6 Å². The van der Waals surface area contributed by atoms with E-state index in [2.05, 4.69) is 20.7 Å². The number of nitrogens with two attached hydrogens (primary N) is 1. The van der Waals surface area contributed by atoms with Crippen molar-refractivity contribution < 1.29 is 9.59 Å². The highest BCUT2D eigenvalue weighted by Crippen LogP contribution is 2.33. The molecular formula is C20H27N6O2. The monoisotopic (exact) mass is 383 g/mol. The van der Waals surface area contributed by atoms with Crippen molar-refractivity contribution in [2.75, 3.05) is 19.6 Å². The Morgan fingerprint density at radius 3 is 2.82 bits per heavy atom. The normalized spacial score (nSPS) is 23.8. The summed E-state index contributed by atoms with van der Waals surface area (Å²) in [6.45, 7) is 2.67. The molecule has 2 aromatic rings. The van der Waals surface area contributed by atoms with Crippen LogP contribution in [0.1, 0.15) is 31.2 Å². The zero-order chi connectivity index (χ0) is 19.5. The van der Waals surface area contributed by atoms with Crippen LogP contribution < -0.4 is 11.1 Å². The number of aromatic nitrogens is 3. The Kier molecular flexibility index (Phi) is 5.57. The molecule has 0 spiro atoms. The van der Waals surface area contributed by atoms with Crippen LogP contribution in [-0.2, 0) is 16.0 Å². The summed E-state index contributed by atoms with van der Waals surface area (Å²) in [5.74, 6) is 0.578. The molecule has 2 unspecified atom stereocenters. The van der Waals surface area contributed by atoms with Gasteiger partial charge in [0.05, 0.1) is 11.9 Å². The first kappa shape index (κ1) is 18.9. The molecule has 8 heteroatoms. The first-order valence-corrected chi connectivity index (χ1v) is 10.1. The highest BCUT2D eigenvalue weighted by molar-refractivity contribution is 5.91. The Labute approximate surface area is 164 Å². The number of rotatable bonds is 5. The molecule has 1 radical (unpaired) electrons. The first-order valence-electron chi connectivity index (χ1n) is 10.1. The van der Waals surface area contributed by atoms with Crippen molar-refractivity contribution in [1.29, 1.82) is 0 Å². The van der Waals surface area contributed by atoms with E-state index in [1.54, 1.807) is 11.3 Å². The third kappa shape index (κ3) is 4.01. The molecule has 0 bridgehead atoms. The van der Waals surface area contributed by atoms with Crippen molar-refractivity contribution in [3.05, 3.63) is 30.2 Å². The highest BCUT2D eigenvalue weighted by atomic mass is 16.2. The summed E-state index contributed by atoms with van der Waals surface area (Å²) >= 11 is 0. The van der Waals surface area contributed by atoms with Gasteiger partial charge in [-0.1, -0.05) is 11.3 Å². The number of primary amides is 1. The van der Waals surface area contributed by atoms with Crippen LogP contribution in [0, 0.1) is 18.3 Å². The van der Waals surface area contributed by atoms with Gasteiger partial charge in [0.25, 0.3) is 0 Å². The molecule has 2 aliphatic heterocycles. The maximum Gasteiger partial charge on any atom is 0.240 e. The van der Waals surface area contributed by atoms with E-state index in [9.17, 15) is 9.59 Å². The number of nitrogens with one attached hydrogen (secondary N) is 2. The average molecular weight is 383 g/mol. The van der Waals surface area contributed by atoms with Gasteiger partial charge in [0.15, 0.2) is 0 Å². The van der Waals surface area contributed by atoms with Crippen LogP contribution in [0.2, 0.25) is 0 Å². The molecule has 2 aliphatic rings. The third-order valence-corrected chi connectivity index (χ3v) is 6.21. The molecule has 1 aromatic heterocycles. The Bertz CT molecular complexity index is 844. The van der Waals surface area contributed by atoms with Gasteiger partial charge in [-0.3, -0.25) is 14.7 Å². The number of nitrogens with zero attached hydrogens (tertiary/aromatic N) is 3. The largest absolute Gasteiger partial charge is 0.368 e. The van der Waals surface area contributed by atoms with Gasteiger partial charge in [0.1, 0.15) is 11.6 Å². The minimum Gasteiger partial charge on any atom is -0.368 e. The topological polar surface area (TPSA) is 117 Å². The molecular weight excluding hydrogens is 356 g/mol. The lowest BCUT2D eigenvalue weighted by Gasteiger charge is -2.41. The van der Waals surface area contributed by atoms with Gasteiger partial charge in [-0.15, -0.1) is 5.10 Å². The quantitative estimate of drug-likeness (QED) is 0.706. The van der Waals surface area contributed by atoms with E-state index in [4.69, 9.17) is 5.73 Å². The fourth-order valence-corrected chi connectivity index (χ4v) is 4.61. The lowest BCUT2D eigenvalue weighted by atomic mass is 9.76. The number of benzene rings is 1. The van der Waals surface area contributed by atoms with Crippen LogP contribution in [0.4, 0.5) is 0 Å². The molecule has 3 heterocycles. The minimum absolute atomic E-state index is 0.118. The van der Waals surface area contributed by atoms with Gasteiger partial charge in [-0.2, -0.15) is 0 Å². The number of H-pyrrole nitrogens is 1. The summed E-state index contributed by atoms with van der Waals surface area (Å²) in [4.78, 5) is 26.5. The molecule has 28 heavy (non-hydrogen) atoms. The van der Waals surface area contributed by atoms with E-state index in [0.717, 1.165) is 48.9 Å². The number of hydrogen-bond acceptors (Lipinski definition) is 5. The zero-order valence-electron chi connectivity index (χ0n) is 15.9. The standard InChI is InChI=1S/C20H27N6O2/c21-20(28)18-12-15(14-5-8-22-9-6-14)7-10-26(18)19(27)4-2-13-1-3-16-17(11-13)24-25-23-16/h1,3-4,11,14-15,18,22H,2,5-10,12H2,(H2,21,28)(H,23,24,25). The number of likely N-dealkylation sites (tertiary alicyclic amines) is 1. The summed E-state index contributed by atoms with van der Waals surface area (Å²) in [7, 11) is 0. The SMILES string of the molecule is NC(=O)C1CC(C2CCNCC2)CCN1C(=O)[CH]Cc1ccc2[nH]nnc2c1. The number of aromatic amines is 1. The second-order valence-electron chi connectivity index (χ2n) is 7.89. The van der Waals surface area contributed by atoms with Crippen molar-refractivity contribution in [3.8, 4) is 0 Å². The summed E-state index contributed by atoms with van der Waals surface area (Å²) in [6.07, 6.45) is 6.04. The van der Waals surface area contributed by atoms with Crippen LogP contribution in [0.5, 0.6) is 0 Å².